The van der Waals surface area contributed by atoms with E-state index in [4.69, 9.17) is 15.7 Å². The minimum Gasteiger partial charge on any atom is -0.383 e. The van der Waals surface area contributed by atoms with Crippen molar-refractivity contribution in [3.05, 3.63) is 17.1 Å². The van der Waals surface area contributed by atoms with Gasteiger partial charge in [0, 0.05) is 17.2 Å². The molecule has 3 nitrogen and oxygen atoms in total. The first-order chi connectivity index (χ1) is 9.65. The fourth-order valence-corrected chi connectivity index (χ4v) is 5.57. The smallest absolute Gasteiger partial charge is 0.134 e. The van der Waals surface area contributed by atoms with Crippen molar-refractivity contribution >= 4 is 5.82 Å². The highest BCUT2D eigenvalue weighted by atomic mass is 15.0. The molecule has 0 atom stereocenters. The number of anilines is 1. The summed E-state index contributed by atoms with van der Waals surface area (Å²) in [6, 6.07) is 0. The van der Waals surface area contributed by atoms with Gasteiger partial charge in [0.2, 0.25) is 0 Å². The van der Waals surface area contributed by atoms with Crippen molar-refractivity contribution in [1.82, 2.24) is 9.97 Å². The number of nitrogens with zero attached hydrogens (tertiary/aromatic N) is 2. The van der Waals surface area contributed by atoms with Crippen molar-refractivity contribution in [3.63, 3.8) is 0 Å². The Morgan fingerprint density at radius 2 is 1.60 bits per heavy atom. The third-order valence-electron chi connectivity index (χ3n) is 6.14. The fraction of sp³-hybridized carbons (Fsp3) is 0.765. The van der Waals surface area contributed by atoms with Crippen LogP contribution in [0.3, 0.4) is 0 Å². The van der Waals surface area contributed by atoms with E-state index < -0.39 is 0 Å². The minimum atomic E-state index is 0.592. The maximum atomic E-state index is 6.17. The maximum Gasteiger partial charge on any atom is 0.134 e. The molecule has 0 unspecified atom stereocenters. The van der Waals surface area contributed by atoms with Crippen molar-refractivity contribution in [3.8, 4) is 0 Å². The average Bonchev–Trinajstić information content (AvgIpc) is 2.37. The molecule has 5 rings (SSSR count). The van der Waals surface area contributed by atoms with E-state index in [1.807, 2.05) is 0 Å². The molecule has 1 aromatic rings. The molecule has 20 heavy (non-hydrogen) atoms. The quantitative estimate of drug-likeness (QED) is 0.896. The molecular weight excluding hydrogens is 246 g/mol. The third kappa shape index (κ3) is 1.78. The summed E-state index contributed by atoms with van der Waals surface area (Å²) in [4.78, 5) is 9.58. The zero-order valence-electron chi connectivity index (χ0n) is 12.6. The Bertz CT molecular complexity index is 486. The van der Waals surface area contributed by atoms with Gasteiger partial charge in [0.15, 0.2) is 0 Å². The van der Waals surface area contributed by atoms with Crippen LogP contribution < -0.4 is 5.73 Å². The maximum absolute atomic E-state index is 6.17. The Labute approximate surface area is 121 Å². The molecule has 4 bridgehead atoms. The molecule has 1 aromatic heterocycles. The van der Waals surface area contributed by atoms with Crippen LogP contribution in [0, 0.1) is 30.6 Å². The summed E-state index contributed by atoms with van der Waals surface area (Å²) < 4.78 is 0. The molecule has 0 spiro atoms. The Morgan fingerprint density at radius 3 is 2.10 bits per heavy atom. The third-order valence-corrected chi connectivity index (χ3v) is 6.14. The van der Waals surface area contributed by atoms with Crippen LogP contribution in [-0.4, -0.2) is 9.97 Å². The van der Waals surface area contributed by atoms with Crippen LogP contribution >= 0.6 is 0 Å². The number of aromatic nitrogens is 2. The van der Waals surface area contributed by atoms with Crippen LogP contribution in [-0.2, 0) is 6.42 Å². The van der Waals surface area contributed by atoms with Gasteiger partial charge in [-0.2, -0.15) is 0 Å². The topological polar surface area (TPSA) is 51.8 Å². The van der Waals surface area contributed by atoms with Crippen LogP contribution in [0.2, 0.25) is 0 Å². The summed E-state index contributed by atoms with van der Waals surface area (Å²) in [5.41, 5.74) is 8.41. The van der Waals surface area contributed by atoms with E-state index in [0.29, 0.717) is 5.92 Å². The predicted octanol–water partition coefficient (Wildman–Crippen LogP) is 3.47. The molecule has 3 heteroatoms. The highest BCUT2D eigenvalue weighted by Crippen LogP contribution is 2.59. The second kappa shape index (κ2) is 4.44. The van der Waals surface area contributed by atoms with Crippen LogP contribution in [0.15, 0.2) is 0 Å². The fourth-order valence-electron chi connectivity index (χ4n) is 5.57. The number of hydrogen-bond donors (Lipinski definition) is 1. The van der Waals surface area contributed by atoms with Gasteiger partial charge in [0.25, 0.3) is 0 Å². The summed E-state index contributed by atoms with van der Waals surface area (Å²) in [5.74, 6) is 6.05. The van der Waals surface area contributed by atoms with Gasteiger partial charge in [0.05, 0.1) is 0 Å². The largest absolute Gasteiger partial charge is 0.383 e. The first-order valence-electron chi connectivity index (χ1n) is 8.28. The number of hydrogen-bond acceptors (Lipinski definition) is 3. The predicted molar refractivity (Wildman–Crippen MR) is 80.3 cm³/mol. The first kappa shape index (κ1) is 12.6. The molecule has 0 saturated heterocycles. The lowest BCUT2D eigenvalue weighted by molar-refractivity contribution is -0.00565. The molecule has 1 heterocycles. The molecule has 2 N–H and O–H groups in total. The van der Waals surface area contributed by atoms with Gasteiger partial charge in [-0.05, 0) is 69.1 Å². The molecule has 108 valence electrons. The van der Waals surface area contributed by atoms with Gasteiger partial charge < -0.3 is 5.73 Å². The van der Waals surface area contributed by atoms with E-state index in [9.17, 15) is 0 Å². The zero-order chi connectivity index (χ0) is 13.9. The lowest BCUT2D eigenvalue weighted by Gasteiger charge is -2.53. The standard InChI is InChI=1S/C17H25N3/c1-3-14-9(2)19-17(20-16(14)18)15-12-5-10-4-11(7-12)8-13(15)6-10/h10-13,15H,3-8H2,1-2H3,(H2,18,19,20). The summed E-state index contributed by atoms with van der Waals surface area (Å²) in [6.07, 6.45) is 8.08. The Balaban J connectivity index is 1.71. The summed E-state index contributed by atoms with van der Waals surface area (Å²) in [6.45, 7) is 4.22. The van der Waals surface area contributed by atoms with Crippen LogP contribution in [0.1, 0.15) is 62.0 Å². The van der Waals surface area contributed by atoms with E-state index >= 15 is 0 Å². The van der Waals surface area contributed by atoms with Gasteiger partial charge in [0.1, 0.15) is 11.6 Å². The van der Waals surface area contributed by atoms with E-state index in [1.54, 1.807) is 0 Å². The highest BCUT2D eigenvalue weighted by molar-refractivity contribution is 5.42. The number of nitrogens with two attached hydrogens (primary N) is 1. The lowest BCUT2D eigenvalue weighted by atomic mass is 9.51. The van der Waals surface area contributed by atoms with Crippen molar-refractivity contribution in [2.75, 3.05) is 5.73 Å². The molecule has 0 radical (unpaired) electrons. The zero-order valence-corrected chi connectivity index (χ0v) is 12.6. The van der Waals surface area contributed by atoms with E-state index in [-0.39, 0.29) is 0 Å². The molecule has 4 saturated carbocycles. The summed E-state index contributed by atoms with van der Waals surface area (Å²) in [5, 5.41) is 0. The molecule has 4 aliphatic carbocycles. The van der Waals surface area contributed by atoms with Crippen molar-refractivity contribution in [2.24, 2.45) is 23.7 Å². The minimum absolute atomic E-state index is 0.592. The van der Waals surface area contributed by atoms with Crippen LogP contribution in [0.4, 0.5) is 5.82 Å². The van der Waals surface area contributed by atoms with Gasteiger partial charge >= 0.3 is 0 Å². The molecular formula is C17H25N3. The number of nitrogen functional groups attached to an aromatic ring is 1. The Morgan fingerprint density at radius 1 is 1.00 bits per heavy atom. The Kier molecular flexibility index (Phi) is 2.80. The van der Waals surface area contributed by atoms with Gasteiger partial charge in [-0.25, -0.2) is 9.97 Å². The normalized spacial score (nSPS) is 38.4. The molecule has 0 aromatic carbocycles. The van der Waals surface area contributed by atoms with Crippen LogP contribution in [0.5, 0.6) is 0 Å². The van der Waals surface area contributed by atoms with E-state index in [1.165, 1.54) is 32.1 Å². The van der Waals surface area contributed by atoms with E-state index in [2.05, 4.69) is 13.8 Å². The van der Waals surface area contributed by atoms with E-state index in [0.717, 1.165) is 53.0 Å². The molecule has 0 aliphatic heterocycles. The number of rotatable bonds is 2. The summed E-state index contributed by atoms with van der Waals surface area (Å²) >= 11 is 0. The SMILES string of the molecule is CCc1c(C)nc(C2C3CC4CC(C3)CC2C4)nc1N. The summed E-state index contributed by atoms with van der Waals surface area (Å²) in [7, 11) is 0. The Hall–Kier alpha value is -1.12. The second-order valence-electron chi connectivity index (χ2n) is 7.34. The van der Waals surface area contributed by atoms with Crippen LogP contribution in [0.25, 0.3) is 0 Å². The average molecular weight is 271 g/mol. The first-order valence-corrected chi connectivity index (χ1v) is 8.28. The van der Waals surface area contributed by atoms with Gasteiger partial charge in [-0.15, -0.1) is 0 Å². The molecule has 4 aliphatic rings. The second-order valence-corrected chi connectivity index (χ2v) is 7.34. The molecule has 0 amide bonds. The molecule has 4 fully saturated rings. The highest BCUT2D eigenvalue weighted by Gasteiger charge is 2.49. The monoisotopic (exact) mass is 271 g/mol. The van der Waals surface area contributed by atoms with Gasteiger partial charge in [-0.1, -0.05) is 6.92 Å². The van der Waals surface area contributed by atoms with Gasteiger partial charge in [-0.3, -0.25) is 0 Å². The lowest BCUT2D eigenvalue weighted by Crippen LogP contribution is -2.44. The van der Waals surface area contributed by atoms with Crippen molar-refractivity contribution in [1.29, 1.82) is 0 Å². The van der Waals surface area contributed by atoms with Crippen molar-refractivity contribution in [2.45, 2.75) is 58.3 Å². The number of aryl methyl sites for hydroxylation is 1. The van der Waals surface area contributed by atoms with Crippen molar-refractivity contribution < 1.29 is 0 Å².